The Labute approximate surface area is 107 Å². The highest BCUT2D eigenvalue weighted by Crippen LogP contribution is 2.17. The van der Waals surface area contributed by atoms with Gasteiger partial charge in [-0.1, -0.05) is 0 Å². The Balaban J connectivity index is 2.61. The highest BCUT2D eigenvalue weighted by atomic mass is 19.4. The van der Waals surface area contributed by atoms with Gasteiger partial charge in [-0.15, -0.1) is 0 Å². The number of hydrogen-bond acceptors (Lipinski definition) is 4. The Kier molecular flexibility index (Phi) is 5.12. The number of hydrogen-bond donors (Lipinski definition) is 1. The molecule has 1 aliphatic rings. The number of ether oxygens (including phenoxy) is 2. The van der Waals surface area contributed by atoms with Crippen LogP contribution in [0.25, 0.3) is 0 Å². The lowest BCUT2D eigenvalue weighted by molar-refractivity contribution is -0.192. The summed E-state index contributed by atoms with van der Waals surface area (Å²) >= 11 is 0. The molecule has 0 aromatic carbocycles. The summed E-state index contributed by atoms with van der Waals surface area (Å²) < 4.78 is 45.2. The number of carboxylic acid groups (broad SMARTS) is 1. The molecule has 0 aromatic heterocycles. The lowest BCUT2D eigenvalue weighted by Gasteiger charge is -2.34. The zero-order chi connectivity index (χ0) is 14.6. The molecule has 0 bridgehead atoms. The van der Waals surface area contributed by atoms with Crippen LogP contribution in [0.15, 0.2) is 0 Å². The van der Waals surface area contributed by atoms with Crippen LogP contribution in [-0.4, -0.2) is 66.6 Å². The number of carbonyl (C=O) groups is 2. The summed E-state index contributed by atoms with van der Waals surface area (Å²) in [4.78, 5) is 23.7. The molecular formula is C10H14F3NO5. The van der Waals surface area contributed by atoms with Gasteiger partial charge in [-0.2, -0.15) is 13.2 Å². The van der Waals surface area contributed by atoms with Crippen molar-refractivity contribution in [1.29, 1.82) is 0 Å². The van der Waals surface area contributed by atoms with Crippen molar-refractivity contribution in [2.45, 2.75) is 25.2 Å². The van der Waals surface area contributed by atoms with E-state index in [4.69, 9.17) is 9.84 Å². The van der Waals surface area contributed by atoms with E-state index in [9.17, 15) is 22.8 Å². The normalized spacial score (nSPS) is 22.1. The van der Waals surface area contributed by atoms with Crippen LogP contribution in [0.5, 0.6) is 0 Å². The number of nitrogens with zero attached hydrogens (tertiary/aromatic N) is 1. The minimum atomic E-state index is -4.54. The zero-order valence-corrected chi connectivity index (χ0v) is 10.1. The van der Waals surface area contributed by atoms with Crippen LogP contribution >= 0.6 is 0 Å². The van der Waals surface area contributed by atoms with Gasteiger partial charge in [0, 0.05) is 6.54 Å². The standard InChI is InChI=1S/C10H14F3NO5/c1-6(19-5-10(11,12)13)8(15)14-2-3-18-4-7(14)9(16)17/h6-7H,2-5H2,1H3,(H,16,17). The van der Waals surface area contributed by atoms with Gasteiger partial charge in [0.25, 0.3) is 5.91 Å². The topological polar surface area (TPSA) is 76.1 Å². The summed E-state index contributed by atoms with van der Waals surface area (Å²) in [7, 11) is 0. The smallest absolute Gasteiger partial charge is 0.411 e. The summed E-state index contributed by atoms with van der Waals surface area (Å²) in [6.07, 6.45) is -5.90. The third-order valence-electron chi connectivity index (χ3n) is 2.54. The van der Waals surface area contributed by atoms with Crippen LogP contribution in [0.2, 0.25) is 0 Å². The van der Waals surface area contributed by atoms with Gasteiger partial charge in [-0.05, 0) is 6.92 Å². The van der Waals surface area contributed by atoms with Gasteiger partial charge in [0.15, 0.2) is 6.04 Å². The lowest BCUT2D eigenvalue weighted by atomic mass is 10.2. The third-order valence-corrected chi connectivity index (χ3v) is 2.54. The quantitative estimate of drug-likeness (QED) is 0.802. The molecule has 19 heavy (non-hydrogen) atoms. The van der Waals surface area contributed by atoms with E-state index in [0.29, 0.717) is 0 Å². The van der Waals surface area contributed by atoms with E-state index in [1.165, 1.54) is 0 Å². The molecule has 1 rings (SSSR count). The van der Waals surface area contributed by atoms with Crippen LogP contribution in [0.1, 0.15) is 6.92 Å². The first-order valence-corrected chi connectivity index (χ1v) is 5.52. The largest absolute Gasteiger partial charge is 0.480 e. The molecule has 1 fully saturated rings. The molecule has 110 valence electrons. The van der Waals surface area contributed by atoms with Crippen molar-refractivity contribution in [3.63, 3.8) is 0 Å². The van der Waals surface area contributed by atoms with Crippen molar-refractivity contribution in [1.82, 2.24) is 4.90 Å². The fourth-order valence-corrected chi connectivity index (χ4v) is 1.60. The van der Waals surface area contributed by atoms with E-state index in [2.05, 4.69) is 4.74 Å². The SMILES string of the molecule is CC(OCC(F)(F)F)C(=O)N1CCOCC1C(=O)O. The molecule has 0 aromatic rings. The summed E-state index contributed by atoms with van der Waals surface area (Å²) in [5.41, 5.74) is 0. The van der Waals surface area contributed by atoms with Crippen LogP contribution < -0.4 is 0 Å². The summed E-state index contributed by atoms with van der Waals surface area (Å²) in [5, 5.41) is 8.90. The van der Waals surface area contributed by atoms with Crippen LogP contribution in [-0.2, 0) is 19.1 Å². The Morgan fingerprint density at radius 2 is 2.16 bits per heavy atom. The lowest BCUT2D eigenvalue weighted by Crippen LogP contribution is -2.55. The predicted octanol–water partition coefficient (Wildman–Crippen LogP) is 0.266. The second kappa shape index (κ2) is 6.20. The molecule has 6 nitrogen and oxygen atoms in total. The summed E-state index contributed by atoms with van der Waals surface area (Å²) in [5.74, 6) is -2.06. The minimum Gasteiger partial charge on any atom is -0.480 e. The molecule has 1 saturated heterocycles. The summed E-state index contributed by atoms with van der Waals surface area (Å²) in [6, 6.07) is -1.20. The van der Waals surface area contributed by atoms with Gasteiger partial charge in [-0.3, -0.25) is 4.79 Å². The average Bonchev–Trinajstić information content (AvgIpc) is 2.34. The molecule has 1 amide bonds. The first-order chi connectivity index (χ1) is 8.72. The van der Waals surface area contributed by atoms with E-state index in [1.807, 2.05) is 0 Å². The number of amides is 1. The third kappa shape index (κ3) is 4.67. The van der Waals surface area contributed by atoms with Crippen LogP contribution in [0, 0.1) is 0 Å². The van der Waals surface area contributed by atoms with Gasteiger partial charge in [0.05, 0.1) is 13.2 Å². The van der Waals surface area contributed by atoms with Crippen molar-refractivity contribution >= 4 is 11.9 Å². The number of alkyl halides is 3. The van der Waals surface area contributed by atoms with E-state index >= 15 is 0 Å². The molecular weight excluding hydrogens is 271 g/mol. The van der Waals surface area contributed by atoms with Crippen molar-refractivity contribution in [2.24, 2.45) is 0 Å². The Morgan fingerprint density at radius 3 is 2.68 bits per heavy atom. The number of halogens is 3. The van der Waals surface area contributed by atoms with Crippen molar-refractivity contribution in [2.75, 3.05) is 26.4 Å². The molecule has 0 radical (unpaired) electrons. The van der Waals surface area contributed by atoms with E-state index in [-0.39, 0.29) is 19.8 Å². The fourth-order valence-electron chi connectivity index (χ4n) is 1.60. The van der Waals surface area contributed by atoms with Gasteiger partial charge in [-0.25, -0.2) is 4.79 Å². The number of rotatable bonds is 4. The Hall–Kier alpha value is -1.35. The maximum atomic E-state index is 12.0. The van der Waals surface area contributed by atoms with Crippen molar-refractivity contribution in [3.05, 3.63) is 0 Å². The average molecular weight is 285 g/mol. The molecule has 9 heteroatoms. The molecule has 1 heterocycles. The van der Waals surface area contributed by atoms with Crippen LogP contribution in [0.4, 0.5) is 13.2 Å². The van der Waals surface area contributed by atoms with Gasteiger partial charge >= 0.3 is 12.1 Å². The second-order valence-electron chi connectivity index (χ2n) is 4.03. The minimum absolute atomic E-state index is 0.00944. The molecule has 2 unspecified atom stereocenters. The fraction of sp³-hybridized carbons (Fsp3) is 0.800. The second-order valence-corrected chi connectivity index (χ2v) is 4.03. The van der Waals surface area contributed by atoms with Crippen LogP contribution in [0.3, 0.4) is 0 Å². The van der Waals surface area contributed by atoms with E-state index < -0.39 is 36.8 Å². The first-order valence-electron chi connectivity index (χ1n) is 5.52. The summed E-state index contributed by atoms with van der Waals surface area (Å²) in [6.45, 7) is -0.436. The highest BCUT2D eigenvalue weighted by Gasteiger charge is 2.36. The predicted molar refractivity (Wildman–Crippen MR) is 55.4 cm³/mol. The number of carbonyl (C=O) groups excluding carboxylic acids is 1. The van der Waals surface area contributed by atoms with Gasteiger partial charge in [0.2, 0.25) is 0 Å². The number of morpholine rings is 1. The molecule has 2 atom stereocenters. The van der Waals surface area contributed by atoms with Crippen molar-refractivity contribution in [3.8, 4) is 0 Å². The maximum Gasteiger partial charge on any atom is 0.411 e. The molecule has 1 N–H and O–H groups in total. The molecule has 0 spiro atoms. The highest BCUT2D eigenvalue weighted by molar-refractivity contribution is 5.86. The Morgan fingerprint density at radius 1 is 1.53 bits per heavy atom. The molecule has 0 saturated carbocycles. The van der Waals surface area contributed by atoms with Crippen molar-refractivity contribution < 1.29 is 37.3 Å². The van der Waals surface area contributed by atoms with Gasteiger partial charge in [0.1, 0.15) is 12.7 Å². The molecule has 0 aliphatic carbocycles. The van der Waals surface area contributed by atoms with E-state index in [0.717, 1.165) is 11.8 Å². The van der Waals surface area contributed by atoms with E-state index in [1.54, 1.807) is 0 Å². The zero-order valence-electron chi connectivity index (χ0n) is 10.1. The Bertz CT molecular complexity index is 347. The van der Waals surface area contributed by atoms with Gasteiger partial charge < -0.3 is 19.5 Å². The number of carboxylic acids is 1. The molecule has 1 aliphatic heterocycles. The monoisotopic (exact) mass is 285 g/mol. The number of aliphatic carboxylic acids is 1. The first kappa shape index (κ1) is 15.7. The maximum absolute atomic E-state index is 12.0.